The number of aromatic nitrogens is 5. The van der Waals surface area contributed by atoms with Gasteiger partial charge in [0.1, 0.15) is 46.6 Å². The number of sulfone groups is 1. The molecule has 2 aromatic carbocycles. The SMILES string of the molecule is CC(C)(C#Cc1ccc(-c2ccc(Cl)c3c(CS(=O)(=O)NC(=O)/C=C/C(=O)O)nn(CC(F)(F)F)c23)c([C@H](Cc2cc(F)cc(F)c2)NC(=O)Cn2nc(C(F)(F)F)c3c2C(F)(F)[C@@H]2C[C@H]32)n1)S(C)(=O)=O. The maximum atomic E-state index is 15.5. The van der Waals surface area contributed by atoms with Crippen molar-refractivity contribution in [2.45, 2.75) is 80.5 Å². The number of carboxylic acids is 1. The first-order chi connectivity index (χ1) is 32.7. The quantitative estimate of drug-likeness (QED) is 0.0593. The van der Waals surface area contributed by atoms with Gasteiger partial charge in [0, 0.05) is 52.5 Å². The normalized spacial score (nSPS) is 17.1. The molecule has 2 aliphatic carbocycles. The third-order valence-corrected chi connectivity index (χ3v) is 14.8. The van der Waals surface area contributed by atoms with Crippen molar-refractivity contribution in [1.82, 2.24) is 34.6 Å². The minimum atomic E-state index is -5.23. The first-order valence-electron chi connectivity index (χ1n) is 20.4. The number of carbonyl (C=O) groups excluding carboxylic acids is 2. The molecule has 3 heterocycles. The number of fused-ring (bicyclic) bond motifs is 4. The number of carboxylic acid groups (broad SMARTS) is 1. The molecule has 0 radical (unpaired) electrons. The maximum absolute atomic E-state index is 15.5. The molecule has 28 heteroatoms. The van der Waals surface area contributed by atoms with E-state index in [1.54, 1.807) is 0 Å². The highest BCUT2D eigenvalue weighted by atomic mass is 35.5. The molecule has 3 N–H and O–H groups in total. The van der Waals surface area contributed by atoms with Gasteiger partial charge in [0.25, 0.3) is 11.8 Å². The zero-order valence-electron chi connectivity index (χ0n) is 36.5. The van der Waals surface area contributed by atoms with Gasteiger partial charge in [0.05, 0.1) is 28.0 Å². The van der Waals surface area contributed by atoms with Gasteiger partial charge in [-0.25, -0.2) is 40.1 Å². The number of hydrogen-bond acceptors (Lipinski definition) is 10. The van der Waals surface area contributed by atoms with E-state index in [0.717, 1.165) is 42.7 Å². The number of sulfonamides is 1. The van der Waals surface area contributed by atoms with Crippen molar-refractivity contribution < 1.29 is 80.2 Å². The molecular weight excluding hydrogens is 1030 g/mol. The van der Waals surface area contributed by atoms with Crippen molar-refractivity contribution in [2.24, 2.45) is 5.92 Å². The molecule has 2 amide bonds. The smallest absolute Gasteiger partial charge is 0.435 e. The minimum Gasteiger partial charge on any atom is -0.478 e. The third kappa shape index (κ3) is 11.2. The van der Waals surface area contributed by atoms with Crippen LogP contribution in [0.25, 0.3) is 22.0 Å². The number of nitrogens with one attached hydrogen (secondary N) is 2. The molecule has 3 atom stereocenters. The predicted octanol–water partition coefficient (Wildman–Crippen LogP) is 6.88. The molecule has 1 fully saturated rings. The summed E-state index contributed by atoms with van der Waals surface area (Å²) in [6.07, 6.45) is -9.82. The van der Waals surface area contributed by atoms with Crippen molar-refractivity contribution in [3.05, 3.63) is 111 Å². The lowest BCUT2D eigenvalue weighted by molar-refractivity contribution is -0.143. The summed E-state index contributed by atoms with van der Waals surface area (Å²) in [4.78, 5) is 41.7. The van der Waals surface area contributed by atoms with Crippen molar-refractivity contribution >= 4 is 60.1 Å². The van der Waals surface area contributed by atoms with E-state index in [1.165, 1.54) is 18.6 Å². The number of rotatable bonds is 14. The van der Waals surface area contributed by atoms with E-state index in [1.807, 2.05) is 0 Å². The molecule has 378 valence electrons. The Morgan fingerprint density at radius 1 is 0.958 bits per heavy atom. The predicted molar refractivity (Wildman–Crippen MR) is 230 cm³/mol. The maximum Gasteiger partial charge on any atom is 0.435 e. The molecule has 0 saturated heterocycles. The summed E-state index contributed by atoms with van der Waals surface area (Å²) < 4.78 is 198. The van der Waals surface area contributed by atoms with Crippen molar-refractivity contribution in [3.63, 3.8) is 0 Å². The Balaban J connectivity index is 1.44. The van der Waals surface area contributed by atoms with Gasteiger partial charge in [-0.05, 0) is 74.4 Å². The Morgan fingerprint density at radius 3 is 2.21 bits per heavy atom. The van der Waals surface area contributed by atoms with Crippen LogP contribution in [0.3, 0.4) is 0 Å². The number of hydrogen-bond donors (Lipinski definition) is 3. The molecule has 71 heavy (non-hydrogen) atoms. The van der Waals surface area contributed by atoms with E-state index in [9.17, 15) is 66.3 Å². The summed E-state index contributed by atoms with van der Waals surface area (Å²) >= 11 is 6.52. The van der Waals surface area contributed by atoms with Gasteiger partial charge in [-0.15, -0.1) is 0 Å². The van der Waals surface area contributed by atoms with Crippen LogP contribution in [0.4, 0.5) is 43.9 Å². The Kier molecular flexibility index (Phi) is 13.4. The highest BCUT2D eigenvalue weighted by Gasteiger charge is 2.68. The monoisotopic (exact) mass is 1070 g/mol. The lowest BCUT2D eigenvalue weighted by Crippen LogP contribution is -2.35. The number of carbonyl (C=O) groups is 3. The molecule has 3 aromatic heterocycles. The van der Waals surface area contributed by atoms with E-state index < -0.39 is 160 Å². The lowest BCUT2D eigenvalue weighted by atomic mass is 9.93. The van der Waals surface area contributed by atoms with Gasteiger partial charge < -0.3 is 10.4 Å². The van der Waals surface area contributed by atoms with Gasteiger partial charge in [-0.3, -0.25) is 19.0 Å². The molecule has 0 spiro atoms. The number of amides is 2. The summed E-state index contributed by atoms with van der Waals surface area (Å²) in [6.45, 7) is -0.793. The average Bonchev–Trinajstić information content (AvgIpc) is 3.74. The van der Waals surface area contributed by atoms with Crippen LogP contribution in [-0.4, -0.2) is 81.4 Å². The topological polar surface area (TPSA) is 212 Å². The molecule has 7 rings (SSSR count). The van der Waals surface area contributed by atoms with Crippen LogP contribution in [0.15, 0.2) is 54.6 Å². The number of pyridine rings is 1. The molecule has 0 unspecified atom stereocenters. The summed E-state index contributed by atoms with van der Waals surface area (Å²) in [6, 6.07) is 4.75. The van der Waals surface area contributed by atoms with Crippen LogP contribution in [-0.2, 0) is 71.6 Å². The standard InChI is InChI=1S/C43H34ClF10N7O8S2/c1-40(2,70(3,66)67)11-10-23-4-5-24(25-6-7-28(44)35-30(57-61(37(25)35)19-41(47,48)49)18-71(68,69)59-31(62)8-9-33(64)65)36(55-23)29(14-20-12-21(45)15-22(46)13-20)56-32(63)17-60-39-34(38(58-60)43(52,53)54)26-16-27(26)42(39,50)51/h4-9,12-13,15,26-27,29H,14,16-19H2,1-3H3,(H,56,63)(H,59,62)(H,64,65)/b9-8+/t26-,27+,29-/m0/s1. The van der Waals surface area contributed by atoms with Gasteiger partial charge >= 0.3 is 18.3 Å². The summed E-state index contributed by atoms with van der Waals surface area (Å²) in [5.74, 6) is -9.58. The number of alkyl halides is 8. The number of benzene rings is 2. The molecule has 0 aliphatic heterocycles. The Morgan fingerprint density at radius 2 is 1.61 bits per heavy atom. The summed E-state index contributed by atoms with van der Waals surface area (Å²) in [7, 11) is -8.82. The average molecular weight is 1070 g/mol. The first kappa shape index (κ1) is 52.3. The number of halogens is 11. The largest absolute Gasteiger partial charge is 0.478 e. The second-order valence-electron chi connectivity index (χ2n) is 17.0. The fourth-order valence-electron chi connectivity index (χ4n) is 8.00. The highest BCUT2D eigenvalue weighted by molar-refractivity contribution is 7.92. The van der Waals surface area contributed by atoms with Crippen molar-refractivity contribution in [1.29, 1.82) is 0 Å². The second-order valence-corrected chi connectivity index (χ2v) is 21.7. The second kappa shape index (κ2) is 18.3. The molecule has 0 bridgehead atoms. The van der Waals surface area contributed by atoms with Gasteiger partial charge in [-0.1, -0.05) is 23.6 Å². The van der Waals surface area contributed by atoms with E-state index in [4.69, 9.17) is 16.7 Å². The fourth-order valence-corrected chi connectivity index (χ4v) is 9.51. The number of aliphatic carboxylic acids is 1. The van der Waals surface area contributed by atoms with Crippen LogP contribution in [0.5, 0.6) is 0 Å². The van der Waals surface area contributed by atoms with Gasteiger partial charge in [0.2, 0.25) is 15.9 Å². The van der Waals surface area contributed by atoms with Crippen LogP contribution < -0.4 is 10.0 Å². The van der Waals surface area contributed by atoms with Crippen LogP contribution in [0, 0.1) is 29.4 Å². The summed E-state index contributed by atoms with van der Waals surface area (Å²) in [5.41, 5.74) is -6.51. The van der Waals surface area contributed by atoms with Crippen molar-refractivity contribution in [2.75, 3.05) is 6.26 Å². The Hall–Kier alpha value is -6.53. The molecule has 5 aromatic rings. The zero-order valence-corrected chi connectivity index (χ0v) is 38.9. The Bertz CT molecular complexity index is 3360. The van der Waals surface area contributed by atoms with Crippen LogP contribution >= 0.6 is 11.6 Å². The van der Waals surface area contributed by atoms with E-state index >= 15 is 8.78 Å². The summed E-state index contributed by atoms with van der Waals surface area (Å²) in [5, 5.41) is 17.6. The van der Waals surface area contributed by atoms with E-state index in [0.29, 0.717) is 18.2 Å². The molecular formula is C43H34ClF10N7O8S2. The lowest BCUT2D eigenvalue weighted by Gasteiger charge is -2.23. The van der Waals surface area contributed by atoms with Crippen LogP contribution in [0.1, 0.15) is 71.8 Å². The highest BCUT2D eigenvalue weighted by Crippen LogP contribution is 2.68. The first-order valence-corrected chi connectivity index (χ1v) is 24.3. The Labute approximate surface area is 400 Å². The van der Waals surface area contributed by atoms with Gasteiger partial charge in [0.15, 0.2) is 15.5 Å². The zero-order chi connectivity index (χ0) is 52.6. The van der Waals surface area contributed by atoms with E-state index in [2.05, 4.69) is 32.3 Å². The van der Waals surface area contributed by atoms with Crippen LogP contribution in [0.2, 0.25) is 5.02 Å². The van der Waals surface area contributed by atoms with E-state index in [-0.39, 0.29) is 38.2 Å². The fraction of sp³-hybridized carbons (Fsp3) is 0.349. The third-order valence-electron chi connectivity index (χ3n) is 11.4. The molecule has 2 aliphatic rings. The van der Waals surface area contributed by atoms with Crippen molar-refractivity contribution in [3.8, 4) is 23.0 Å². The van der Waals surface area contributed by atoms with Gasteiger partial charge in [-0.2, -0.15) is 45.3 Å². The molecule has 15 nitrogen and oxygen atoms in total. The minimum absolute atomic E-state index is 0.181. The molecule has 1 saturated carbocycles. The number of nitrogens with zero attached hydrogens (tertiary/aromatic N) is 5.